The van der Waals surface area contributed by atoms with Crippen molar-refractivity contribution in [2.24, 2.45) is 0 Å². The topological polar surface area (TPSA) is 73.4 Å². The van der Waals surface area contributed by atoms with Crippen LogP contribution < -0.4 is 15.5 Å². The van der Waals surface area contributed by atoms with E-state index in [9.17, 15) is 13.6 Å². The number of para-hydroxylation sites is 1. The van der Waals surface area contributed by atoms with Crippen LogP contribution in [0, 0.1) is 18.6 Å². The second kappa shape index (κ2) is 10.1. The van der Waals surface area contributed by atoms with Crippen LogP contribution in [0.5, 0.6) is 0 Å². The maximum absolute atomic E-state index is 14.7. The lowest BCUT2D eigenvalue weighted by molar-refractivity contribution is 0.246. The zero-order valence-electron chi connectivity index (χ0n) is 19.5. The molecule has 7 nitrogen and oxygen atoms in total. The van der Waals surface area contributed by atoms with Crippen LogP contribution in [0.2, 0.25) is 0 Å². The number of halogens is 2. The number of hydrogen-bond donors (Lipinski definition) is 2. The van der Waals surface area contributed by atoms with Crippen LogP contribution in [-0.2, 0) is 6.54 Å². The van der Waals surface area contributed by atoms with E-state index in [-0.39, 0.29) is 12.4 Å². The predicted octanol–water partition coefficient (Wildman–Crippen LogP) is 4.85. The molecule has 178 valence electrons. The summed E-state index contributed by atoms with van der Waals surface area (Å²) in [6, 6.07) is 10.6. The molecule has 0 fully saturated rings. The van der Waals surface area contributed by atoms with Crippen molar-refractivity contribution < 1.29 is 13.6 Å². The van der Waals surface area contributed by atoms with Crippen molar-refractivity contribution in [3.8, 4) is 11.3 Å². The monoisotopic (exact) mass is 466 g/mol. The Kier molecular flexibility index (Phi) is 7.02. The SMILES string of the molecule is CCN(CC)CCNc1nc(-c2ccccc2C)c2c(n1)N(c1c(F)cccc1F)C(=O)NC2. The molecule has 0 aliphatic carbocycles. The molecule has 1 aliphatic rings. The van der Waals surface area contributed by atoms with Gasteiger partial charge >= 0.3 is 6.03 Å². The molecule has 34 heavy (non-hydrogen) atoms. The number of carbonyl (C=O) groups excluding carboxylic acids is 1. The Balaban J connectivity index is 1.85. The molecule has 0 bridgehead atoms. The summed E-state index contributed by atoms with van der Waals surface area (Å²) in [5.74, 6) is -1.25. The number of aryl methyl sites for hydroxylation is 1. The number of rotatable bonds is 8. The van der Waals surface area contributed by atoms with Gasteiger partial charge in [0, 0.05) is 24.2 Å². The molecule has 0 spiro atoms. The minimum absolute atomic E-state index is 0.143. The van der Waals surface area contributed by atoms with Crippen LogP contribution >= 0.6 is 0 Å². The highest BCUT2D eigenvalue weighted by atomic mass is 19.1. The summed E-state index contributed by atoms with van der Waals surface area (Å²) in [7, 11) is 0. The van der Waals surface area contributed by atoms with Crippen LogP contribution in [0.15, 0.2) is 42.5 Å². The summed E-state index contributed by atoms with van der Waals surface area (Å²) in [4.78, 5) is 25.4. The van der Waals surface area contributed by atoms with Crippen molar-refractivity contribution in [3.05, 3.63) is 65.2 Å². The standard InChI is InChI=1S/C25H28F2N6O/c1-4-32(5-2)14-13-28-24-30-21(17-10-7-6-9-16(17)3)18-15-29-25(34)33(23(18)31-24)22-19(26)11-8-12-20(22)27/h6-12H,4-5,13-15H2,1-3H3,(H,29,34)(H,28,30,31). The number of urea groups is 1. The first-order valence-electron chi connectivity index (χ1n) is 11.4. The molecule has 0 unspecified atom stereocenters. The number of nitrogens with zero attached hydrogens (tertiary/aromatic N) is 4. The molecule has 9 heteroatoms. The van der Waals surface area contributed by atoms with Gasteiger partial charge in [-0.1, -0.05) is 44.2 Å². The normalized spacial score (nSPS) is 13.1. The lowest BCUT2D eigenvalue weighted by Gasteiger charge is -2.31. The maximum Gasteiger partial charge on any atom is 0.328 e. The van der Waals surface area contributed by atoms with E-state index < -0.39 is 23.4 Å². The molecule has 2 amide bonds. The largest absolute Gasteiger partial charge is 0.353 e. The van der Waals surface area contributed by atoms with E-state index in [2.05, 4.69) is 34.4 Å². The number of fused-ring (bicyclic) bond motifs is 1. The smallest absolute Gasteiger partial charge is 0.328 e. The zero-order valence-corrected chi connectivity index (χ0v) is 19.5. The van der Waals surface area contributed by atoms with E-state index in [1.165, 1.54) is 6.07 Å². The first-order valence-corrected chi connectivity index (χ1v) is 11.4. The minimum atomic E-state index is -0.852. The Morgan fingerprint density at radius 3 is 2.44 bits per heavy atom. The molecule has 2 aromatic carbocycles. The molecular formula is C25H28F2N6O. The fraction of sp³-hybridized carbons (Fsp3) is 0.320. The summed E-state index contributed by atoms with van der Waals surface area (Å²) in [5.41, 5.74) is 2.57. The van der Waals surface area contributed by atoms with Gasteiger partial charge in [-0.2, -0.15) is 4.98 Å². The molecule has 4 rings (SSSR count). The van der Waals surface area contributed by atoms with Gasteiger partial charge < -0.3 is 15.5 Å². The van der Waals surface area contributed by atoms with Crippen molar-refractivity contribution in [1.29, 1.82) is 0 Å². The average Bonchev–Trinajstić information content (AvgIpc) is 2.83. The van der Waals surface area contributed by atoms with E-state index in [0.717, 1.165) is 47.8 Å². The first-order chi connectivity index (χ1) is 16.4. The fourth-order valence-electron chi connectivity index (χ4n) is 4.08. The van der Waals surface area contributed by atoms with Crippen LogP contribution in [0.4, 0.5) is 31.0 Å². The number of benzene rings is 2. The molecule has 1 aliphatic heterocycles. The zero-order chi connectivity index (χ0) is 24.2. The number of carbonyl (C=O) groups is 1. The number of nitrogens with one attached hydrogen (secondary N) is 2. The van der Waals surface area contributed by atoms with Gasteiger partial charge in [0.05, 0.1) is 12.2 Å². The Morgan fingerprint density at radius 2 is 1.76 bits per heavy atom. The Labute approximate surface area is 197 Å². The summed E-state index contributed by atoms with van der Waals surface area (Å²) < 4.78 is 29.5. The van der Waals surface area contributed by atoms with Crippen molar-refractivity contribution in [2.75, 3.05) is 36.4 Å². The van der Waals surface area contributed by atoms with Gasteiger partial charge in [0.15, 0.2) is 5.82 Å². The Hall–Kier alpha value is -3.59. The molecule has 0 radical (unpaired) electrons. The highest BCUT2D eigenvalue weighted by Crippen LogP contribution is 2.38. The van der Waals surface area contributed by atoms with E-state index in [1.807, 2.05) is 31.2 Å². The first kappa shape index (κ1) is 23.6. The Bertz CT molecular complexity index is 1180. The Morgan fingerprint density at radius 1 is 1.06 bits per heavy atom. The minimum Gasteiger partial charge on any atom is -0.353 e. The summed E-state index contributed by atoms with van der Waals surface area (Å²) in [5, 5.41) is 5.94. The third-order valence-electron chi connectivity index (χ3n) is 5.98. The number of hydrogen-bond acceptors (Lipinski definition) is 5. The van der Waals surface area contributed by atoms with Gasteiger partial charge in [-0.05, 0) is 37.7 Å². The molecule has 0 atom stereocenters. The van der Waals surface area contributed by atoms with Gasteiger partial charge in [-0.15, -0.1) is 0 Å². The van der Waals surface area contributed by atoms with Crippen molar-refractivity contribution in [3.63, 3.8) is 0 Å². The third kappa shape index (κ3) is 4.56. The highest BCUT2D eigenvalue weighted by Gasteiger charge is 2.34. The molecule has 3 aromatic rings. The highest BCUT2D eigenvalue weighted by molar-refractivity contribution is 6.02. The second-order valence-corrected chi connectivity index (χ2v) is 8.03. The summed E-state index contributed by atoms with van der Waals surface area (Å²) in [6.07, 6.45) is 0. The lowest BCUT2D eigenvalue weighted by Crippen LogP contribution is -2.43. The predicted molar refractivity (Wildman–Crippen MR) is 129 cm³/mol. The number of likely N-dealkylation sites (N-methyl/N-ethyl adjacent to an activating group) is 1. The van der Waals surface area contributed by atoms with Crippen LogP contribution in [0.3, 0.4) is 0 Å². The van der Waals surface area contributed by atoms with Crippen molar-refractivity contribution in [1.82, 2.24) is 20.2 Å². The molecule has 0 saturated heterocycles. The lowest BCUT2D eigenvalue weighted by atomic mass is 10.00. The molecule has 0 saturated carbocycles. The van der Waals surface area contributed by atoms with Crippen LogP contribution in [-0.4, -0.2) is 47.1 Å². The third-order valence-corrected chi connectivity index (χ3v) is 5.98. The van der Waals surface area contributed by atoms with Crippen LogP contribution in [0.1, 0.15) is 25.0 Å². The van der Waals surface area contributed by atoms with Gasteiger partial charge in [-0.25, -0.2) is 23.5 Å². The average molecular weight is 467 g/mol. The summed E-state index contributed by atoms with van der Waals surface area (Å²) in [6.45, 7) is 9.48. The summed E-state index contributed by atoms with van der Waals surface area (Å²) >= 11 is 0. The fourth-order valence-corrected chi connectivity index (χ4v) is 4.08. The van der Waals surface area contributed by atoms with E-state index >= 15 is 0 Å². The molecule has 2 heterocycles. The van der Waals surface area contributed by atoms with E-state index in [0.29, 0.717) is 23.8 Å². The van der Waals surface area contributed by atoms with Crippen LogP contribution in [0.25, 0.3) is 11.3 Å². The number of anilines is 3. The second-order valence-electron chi connectivity index (χ2n) is 8.03. The number of aromatic nitrogens is 2. The number of amides is 2. The molecule has 2 N–H and O–H groups in total. The van der Waals surface area contributed by atoms with Crippen molar-refractivity contribution in [2.45, 2.75) is 27.3 Å². The molecule has 1 aromatic heterocycles. The quantitative estimate of drug-likeness (QED) is 0.497. The van der Waals surface area contributed by atoms with Crippen molar-refractivity contribution >= 4 is 23.5 Å². The van der Waals surface area contributed by atoms with Gasteiger partial charge in [-0.3, -0.25) is 0 Å². The van der Waals surface area contributed by atoms with E-state index in [1.54, 1.807) is 0 Å². The van der Waals surface area contributed by atoms with E-state index in [4.69, 9.17) is 4.98 Å². The maximum atomic E-state index is 14.7. The molecular weight excluding hydrogens is 438 g/mol. The van der Waals surface area contributed by atoms with Gasteiger partial charge in [0.1, 0.15) is 17.3 Å². The van der Waals surface area contributed by atoms with Gasteiger partial charge in [0.25, 0.3) is 0 Å². The van der Waals surface area contributed by atoms with Gasteiger partial charge in [0.2, 0.25) is 5.95 Å².